The number of benzene rings is 2. The second-order valence-electron chi connectivity index (χ2n) is 6.19. The first-order valence-electron chi connectivity index (χ1n) is 8.55. The van der Waals surface area contributed by atoms with E-state index < -0.39 is 12.1 Å². The average Bonchev–Trinajstić information content (AvgIpc) is 3.35. The normalized spacial score (nSPS) is 12.0. The highest BCUT2D eigenvalue weighted by molar-refractivity contribution is 6.10. The third kappa shape index (κ3) is 3.25. The summed E-state index contributed by atoms with van der Waals surface area (Å²) in [4.78, 5) is 28.1. The summed E-state index contributed by atoms with van der Waals surface area (Å²) in [5.41, 5.74) is 3.09. The molecule has 1 atom stereocenters. The number of fused-ring (bicyclic) bond motifs is 1. The molecule has 0 spiro atoms. The molecule has 0 aliphatic rings. The first kappa shape index (κ1) is 16.8. The number of nitrogens with one attached hydrogen (secondary N) is 2. The van der Waals surface area contributed by atoms with Gasteiger partial charge in [-0.3, -0.25) is 9.89 Å². The van der Waals surface area contributed by atoms with Gasteiger partial charge in [0.2, 0.25) is 5.78 Å². The van der Waals surface area contributed by atoms with Crippen molar-refractivity contribution < 1.29 is 14.3 Å². The minimum Gasteiger partial charge on any atom is -0.450 e. The van der Waals surface area contributed by atoms with Crippen molar-refractivity contribution in [3.8, 4) is 11.3 Å². The molecule has 4 rings (SSSR count). The lowest BCUT2D eigenvalue weighted by Gasteiger charge is -2.10. The number of para-hydroxylation sites is 1. The molecule has 0 aliphatic heterocycles. The summed E-state index contributed by atoms with van der Waals surface area (Å²) in [6.45, 7) is 1.57. The molecule has 0 fully saturated rings. The summed E-state index contributed by atoms with van der Waals surface area (Å²) < 4.78 is 5.35. The number of esters is 1. The van der Waals surface area contributed by atoms with Crippen molar-refractivity contribution >= 4 is 22.7 Å². The fourth-order valence-electron chi connectivity index (χ4n) is 2.96. The van der Waals surface area contributed by atoms with Crippen molar-refractivity contribution in [2.45, 2.75) is 13.0 Å². The van der Waals surface area contributed by atoms with Gasteiger partial charge in [-0.2, -0.15) is 5.10 Å². The van der Waals surface area contributed by atoms with Gasteiger partial charge < -0.3 is 9.72 Å². The van der Waals surface area contributed by atoms with Gasteiger partial charge in [-0.15, -0.1) is 0 Å². The van der Waals surface area contributed by atoms with Crippen LogP contribution in [-0.4, -0.2) is 33.0 Å². The number of hydrogen-bond donors (Lipinski definition) is 2. The van der Waals surface area contributed by atoms with Crippen molar-refractivity contribution in [2.24, 2.45) is 0 Å². The van der Waals surface area contributed by atoms with Gasteiger partial charge in [0.1, 0.15) is 5.69 Å². The third-order valence-corrected chi connectivity index (χ3v) is 4.38. The van der Waals surface area contributed by atoms with E-state index in [0.29, 0.717) is 11.3 Å². The summed E-state index contributed by atoms with van der Waals surface area (Å²) >= 11 is 0. The maximum absolute atomic E-state index is 12.7. The predicted octanol–water partition coefficient (Wildman–Crippen LogP) is 3.99. The molecule has 134 valence electrons. The second kappa shape index (κ2) is 6.92. The molecule has 2 heterocycles. The van der Waals surface area contributed by atoms with E-state index in [1.54, 1.807) is 19.2 Å². The first-order chi connectivity index (χ1) is 13.1. The third-order valence-electron chi connectivity index (χ3n) is 4.38. The quantitative estimate of drug-likeness (QED) is 0.417. The van der Waals surface area contributed by atoms with E-state index in [-0.39, 0.29) is 11.5 Å². The summed E-state index contributed by atoms with van der Waals surface area (Å²) in [7, 11) is 0. The summed E-state index contributed by atoms with van der Waals surface area (Å²) in [6.07, 6.45) is 0.723. The molecule has 0 radical (unpaired) electrons. The van der Waals surface area contributed by atoms with Crippen LogP contribution in [0.25, 0.3) is 22.2 Å². The standard InChI is InChI=1S/C21H17N3O3/c1-13(20(25)16-12-22-17-10-6-5-9-15(16)17)27-21(26)19-11-18(23-24-19)14-7-3-2-4-8-14/h2-13,22H,1H3,(H,23,24)/t13-/m1/s1. The zero-order valence-corrected chi connectivity index (χ0v) is 14.6. The number of carbonyl (C=O) groups is 2. The topological polar surface area (TPSA) is 87.8 Å². The molecular formula is C21H17N3O3. The maximum atomic E-state index is 12.7. The lowest BCUT2D eigenvalue weighted by atomic mass is 10.1. The van der Waals surface area contributed by atoms with Gasteiger partial charge in [0.25, 0.3) is 0 Å². The van der Waals surface area contributed by atoms with Crippen LogP contribution in [-0.2, 0) is 4.74 Å². The van der Waals surface area contributed by atoms with Crippen molar-refractivity contribution in [3.05, 3.63) is 78.1 Å². The summed E-state index contributed by atoms with van der Waals surface area (Å²) in [5, 5.41) is 7.61. The largest absolute Gasteiger partial charge is 0.450 e. The Morgan fingerprint density at radius 1 is 1.04 bits per heavy atom. The molecule has 27 heavy (non-hydrogen) atoms. The first-order valence-corrected chi connectivity index (χ1v) is 8.55. The Bertz CT molecular complexity index is 1110. The number of carbonyl (C=O) groups excluding carboxylic acids is 2. The van der Waals surface area contributed by atoms with Crippen molar-refractivity contribution in [3.63, 3.8) is 0 Å². The number of Topliss-reactive ketones (excluding diaryl/α,β-unsaturated/α-hetero) is 1. The van der Waals surface area contributed by atoms with Gasteiger partial charge >= 0.3 is 5.97 Å². The summed E-state index contributed by atoms with van der Waals surface area (Å²) in [5.74, 6) is -0.881. The number of nitrogens with zero attached hydrogens (tertiary/aromatic N) is 1. The Morgan fingerprint density at radius 3 is 2.59 bits per heavy atom. The van der Waals surface area contributed by atoms with Crippen LogP contribution >= 0.6 is 0 Å². The number of aromatic amines is 2. The molecule has 0 bridgehead atoms. The predicted molar refractivity (Wildman–Crippen MR) is 102 cm³/mol. The lowest BCUT2D eigenvalue weighted by Crippen LogP contribution is -2.24. The molecule has 2 N–H and O–H groups in total. The highest BCUT2D eigenvalue weighted by Gasteiger charge is 2.23. The fourth-order valence-corrected chi connectivity index (χ4v) is 2.96. The van der Waals surface area contributed by atoms with Gasteiger partial charge in [0, 0.05) is 28.2 Å². The number of ether oxygens (including phenoxy) is 1. The van der Waals surface area contributed by atoms with E-state index in [9.17, 15) is 9.59 Å². The Hall–Kier alpha value is -3.67. The van der Waals surface area contributed by atoms with Crippen LogP contribution in [0.5, 0.6) is 0 Å². The van der Waals surface area contributed by atoms with Crippen LogP contribution in [0.1, 0.15) is 27.8 Å². The van der Waals surface area contributed by atoms with Gasteiger partial charge in [-0.25, -0.2) is 4.79 Å². The number of hydrogen-bond acceptors (Lipinski definition) is 4. The molecule has 4 aromatic rings. The highest BCUT2D eigenvalue weighted by Crippen LogP contribution is 2.21. The van der Waals surface area contributed by atoms with Crippen LogP contribution in [0, 0.1) is 0 Å². The van der Waals surface area contributed by atoms with Gasteiger partial charge in [0.15, 0.2) is 6.10 Å². The molecule has 2 aromatic heterocycles. The molecule has 0 amide bonds. The zero-order valence-electron chi connectivity index (χ0n) is 14.6. The lowest BCUT2D eigenvalue weighted by molar-refractivity contribution is 0.0313. The average molecular weight is 359 g/mol. The fraction of sp³-hybridized carbons (Fsp3) is 0.0952. The number of rotatable bonds is 5. The van der Waals surface area contributed by atoms with Gasteiger partial charge in [-0.05, 0) is 19.1 Å². The van der Waals surface area contributed by atoms with Crippen LogP contribution in [0.15, 0.2) is 66.9 Å². The Balaban J connectivity index is 1.49. The van der Waals surface area contributed by atoms with Crippen LogP contribution in [0.3, 0.4) is 0 Å². The van der Waals surface area contributed by atoms with Gasteiger partial charge in [0.05, 0.1) is 5.69 Å². The Kier molecular flexibility index (Phi) is 4.30. The van der Waals surface area contributed by atoms with E-state index in [2.05, 4.69) is 15.2 Å². The monoisotopic (exact) mass is 359 g/mol. The van der Waals surface area contributed by atoms with Crippen LogP contribution in [0.2, 0.25) is 0 Å². The molecule has 0 aliphatic carbocycles. The molecular weight excluding hydrogens is 342 g/mol. The van der Waals surface area contributed by atoms with Crippen molar-refractivity contribution in [1.29, 1.82) is 0 Å². The smallest absolute Gasteiger partial charge is 0.357 e. The number of H-pyrrole nitrogens is 2. The SMILES string of the molecule is C[C@@H](OC(=O)c1cc(-c2ccccc2)n[nH]1)C(=O)c1c[nH]c2ccccc12. The van der Waals surface area contributed by atoms with E-state index in [1.165, 1.54) is 0 Å². The van der Waals surface area contributed by atoms with Crippen LogP contribution in [0.4, 0.5) is 0 Å². The minimum atomic E-state index is -0.916. The summed E-state index contributed by atoms with van der Waals surface area (Å²) in [6, 6.07) is 18.6. The Morgan fingerprint density at radius 2 is 1.78 bits per heavy atom. The van der Waals surface area contributed by atoms with Crippen LogP contribution < -0.4 is 0 Å². The maximum Gasteiger partial charge on any atom is 0.357 e. The second-order valence-corrected chi connectivity index (χ2v) is 6.19. The molecule has 0 unspecified atom stereocenters. The molecule has 0 saturated carbocycles. The van der Waals surface area contributed by atoms with Gasteiger partial charge in [-0.1, -0.05) is 48.5 Å². The minimum absolute atomic E-state index is 0.201. The number of ketones is 1. The van der Waals surface area contributed by atoms with E-state index in [1.807, 2.05) is 54.6 Å². The Labute approximate surface area is 155 Å². The molecule has 6 heteroatoms. The zero-order chi connectivity index (χ0) is 18.8. The van der Waals surface area contributed by atoms with Crippen molar-refractivity contribution in [1.82, 2.24) is 15.2 Å². The molecule has 0 saturated heterocycles. The van der Waals surface area contributed by atoms with E-state index >= 15 is 0 Å². The highest BCUT2D eigenvalue weighted by atomic mass is 16.5. The van der Waals surface area contributed by atoms with Crippen molar-refractivity contribution in [2.75, 3.05) is 0 Å². The van der Waals surface area contributed by atoms with E-state index in [4.69, 9.17) is 4.74 Å². The van der Waals surface area contributed by atoms with E-state index in [0.717, 1.165) is 16.5 Å². The number of aromatic nitrogens is 3. The molecule has 2 aromatic carbocycles. The molecule has 6 nitrogen and oxygen atoms in total.